The molecule has 15 heavy (non-hydrogen) atoms. The molecule has 1 atom stereocenters. The molecule has 1 saturated heterocycles. The highest BCUT2D eigenvalue weighted by molar-refractivity contribution is 7.90. The van der Waals surface area contributed by atoms with E-state index in [1.165, 1.54) is 0 Å². The molecule has 0 saturated carbocycles. The average molecular weight is 234 g/mol. The van der Waals surface area contributed by atoms with Crippen LogP contribution in [0.3, 0.4) is 0 Å². The van der Waals surface area contributed by atoms with Crippen LogP contribution in [0.5, 0.6) is 0 Å². The third-order valence-corrected chi connectivity index (χ3v) is 5.93. The van der Waals surface area contributed by atoms with Crippen molar-refractivity contribution in [1.29, 1.82) is 0 Å². The zero-order valence-corrected chi connectivity index (χ0v) is 10.9. The molecule has 1 fully saturated rings. The summed E-state index contributed by atoms with van der Waals surface area (Å²) in [6.45, 7) is 8.13. The molecule has 1 rings (SSSR count). The Morgan fingerprint density at radius 2 is 1.93 bits per heavy atom. The monoisotopic (exact) mass is 234 g/mol. The average Bonchev–Trinajstić information content (AvgIpc) is 2.47. The van der Waals surface area contributed by atoms with Gasteiger partial charge in [-0.3, -0.25) is 0 Å². The number of nitrogens with two attached hydrogens (primary N) is 1. The van der Waals surface area contributed by atoms with E-state index in [-0.39, 0.29) is 5.54 Å². The Labute approximate surface area is 92.9 Å². The van der Waals surface area contributed by atoms with Crippen LogP contribution < -0.4 is 5.73 Å². The van der Waals surface area contributed by atoms with Crippen LogP contribution in [0, 0.1) is 0 Å². The van der Waals surface area contributed by atoms with E-state index in [9.17, 15) is 8.42 Å². The van der Waals surface area contributed by atoms with Gasteiger partial charge in [0.1, 0.15) is 0 Å². The van der Waals surface area contributed by atoms with Gasteiger partial charge in [-0.2, -0.15) is 4.31 Å². The van der Waals surface area contributed by atoms with Crippen molar-refractivity contribution in [1.82, 2.24) is 4.31 Å². The molecule has 0 aromatic carbocycles. The van der Waals surface area contributed by atoms with Gasteiger partial charge < -0.3 is 5.73 Å². The molecule has 0 spiro atoms. The van der Waals surface area contributed by atoms with Crippen molar-refractivity contribution >= 4 is 10.0 Å². The molecule has 0 bridgehead atoms. The molecule has 1 heterocycles. The number of hydrogen-bond acceptors (Lipinski definition) is 3. The fourth-order valence-electron chi connectivity index (χ4n) is 1.94. The van der Waals surface area contributed by atoms with Gasteiger partial charge in [-0.25, -0.2) is 8.42 Å². The largest absolute Gasteiger partial charge is 0.329 e. The molecule has 0 aromatic heterocycles. The zero-order valence-electron chi connectivity index (χ0n) is 10.1. The van der Waals surface area contributed by atoms with Crippen molar-refractivity contribution in [3.63, 3.8) is 0 Å². The molecule has 0 amide bonds. The Bertz CT molecular complexity index is 332. The molecule has 2 N–H and O–H groups in total. The maximum absolute atomic E-state index is 12.3. The molecule has 5 heteroatoms. The number of nitrogens with zero attached hydrogens (tertiary/aromatic N) is 1. The molecule has 90 valence electrons. The SMILES string of the molecule is CC1(CN)CCCN1S(=O)(=O)C(C)(C)C. The zero-order chi connectivity index (χ0) is 11.9. The van der Waals surface area contributed by atoms with Crippen molar-refractivity contribution in [2.75, 3.05) is 13.1 Å². The normalized spacial score (nSPS) is 29.7. The van der Waals surface area contributed by atoms with Crippen LogP contribution in [0.2, 0.25) is 0 Å². The van der Waals surface area contributed by atoms with Crippen LogP contribution >= 0.6 is 0 Å². The van der Waals surface area contributed by atoms with Gasteiger partial charge in [-0.1, -0.05) is 0 Å². The fraction of sp³-hybridized carbons (Fsp3) is 1.00. The van der Waals surface area contributed by atoms with Crippen LogP contribution in [-0.2, 0) is 10.0 Å². The smallest absolute Gasteiger partial charge is 0.219 e. The molecule has 0 radical (unpaired) electrons. The van der Waals surface area contributed by atoms with Crippen molar-refractivity contribution < 1.29 is 8.42 Å². The molecule has 4 nitrogen and oxygen atoms in total. The minimum Gasteiger partial charge on any atom is -0.329 e. The van der Waals surface area contributed by atoms with E-state index in [1.807, 2.05) is 6.92 Å². The Morgan fingerprint density at radius 3 is 2.33 bits per heavy atom. The van der Waals surface area contributed by atoms with Gasteiger partial charge in [0.25, 0.3) is 0 Å². The summed E-state index contributed by atoms with van der Waals surface area (Å²) < 4.78 is 25.5. The summed E-state index contributed by atoms with van der Waals surface area (Å²) in [5.41, 5.74) is 5.31. The molecular weight excluding hydrogens is 212 g/mol. The summed E-state index contributed by atoms with van der Waals surface area (Å²) in [6.07, 6.45) is 1.77. The molecular formula is C10H22N2O2S. The first-order valence-corrected chi connectivity index (χ1v) is 6.82. The highest BCUT2D eigenvalue weighted by atomic mass is 32.2. The molecule has 0 aromatic rings. The van der Waals surface area contributed by atoms with E-state index < -0.39 is 14.8 Å². The van der Waals surface area contributed by atoms with Gasteiger partial charge >= 0.3 is 0 Å². The number of rotatable bonds is 2. The van der Waals surface area contributed by atoms with Crippen LogP contribution in [-0.4, -0.2) is 36.1 Å². The quantitative estimate of drug-likeness (QED) is 0.773. The van der Waals surface area contributed by atoms with E-state index in [1.54, 1.807) is 25.1 Å². The summed E-state index contributed by atoms with van der Waals surface area (Å²) in [4.78, 5) is 0. The Morgan fingerprint density at radius 1 is 1.40 bits per heavy atom. The topological polar surface area (TPSA) is 63.4 Å². The second kappa shape index (κ2) is 3.71. The lowest BCUT2D eigenvalue weighted by atomic mass is 10.0. The first-order valence-electron chi connectivity index (χ1n) is 5.38. The third kappa shape index (κ3) is 2.05. The molecule has 1 aliphatic rings. The maximum Gasteiger partial charge on any atom is 0.219 e. The van der Waals surface area contributed by atoms with E-state index in [2.05, 4.69) is 0 Å². The first kappa shape index (κ1) is 12.9. The predicted octanol–water partition coefficient (Wildman–Crippen LogP) is 0.928. The van der Waals surface area contributed by atoms with E-state index in [4.69, 9.17) is 5.73 Å². The highest BCUT2D eigenvalue weighted by Gasteiger charge is 2.47. The minimum atomic E-state index is -3.24. The number of hydrogen-bond donors (Lipinski definition) is 1. The highest BCUT2D eigenvalue weighted by Crippen LogP contribution is 2.35. The second-order valence-electron chi connectivity index (χ2n) is 5.49. The minimum absolute atomic E-state index is 0.383. The summed E-state index contributed by atoms with van der Waals surface area (Å²) >= 11 is 0. The first-order chi connectivity index (χ1) is 6.65. The van der Waals surface area contributed by atoms with Crippen molar-refractivity contribution in [2.45, 2.75) is 50.8 Å². The lowest BCUT2D eigenvalue weighted by molar-refractivity contribution is 0.267. The Balaban J connectivity index is 3.09. The Kier molecular flexibility index (Phi) is 3.20. The van der Waals surface area contributed by atoms with Gasteiger partial charge in [0.15, 0.2) is 0 Å². The summed E-state index contributed by atoms with van der Waals surface area (Å²) in [6, 6.07) is 0. The summed E-state index contributed by atoms with van der Waals surface area (Å²) in [7, 11) is -3.24. The van der Waals surface area contributed by atoms with Crippen LogP contribution in [0.25, 0.3) is 0 Å². The van der Waals surface area contributed by atoms with Crippen molar-refractivity contribution in [3.8, 4) is 0 Å². The van der Waals surface area contributed by atoms with Gasteiger partial charge in [-0.15, -0.1) is 0 Å². The maximum atomic E-state index is 12.3. The molecule has 0 aliphatic carbocycles. The fourth-order valence-corrected chi connectivity index (χ4v) is 3.72. The summed E-state index contributed by atoms with van der Waals surface area (Å²) in [5.74, 6) is 0. The van der Waals surface area contributed by atoms with Crippen LogP contribution in [0.4, 0.5) is 0 Å². The van der Waals surface area contributed by atoms with Gasteiger partial charge in [0.05, 0.1) is 4.75 Å². The van der Waals surface area contributed by atoms with Crippen molar-refractivity contribution in [3.05, 3.63) is 0 Å². The van der Waals surface area contributed by atoms with Crippen LogP contribution in [0.1, 0.15) is 40.5 Å². The van der Waals surface area contributed by atoms with Crippen LogP contribution in [0.15, 0.2) is 0 Å². The van der Waals surface area contributed by atoms with E-state index in [0.717, 1.165) is 12.8 Å². The van der Waals surface area contributed by atoms with Gasteiger partial charge in [0.2, 0.25) is 10.0 Å². The number of sulfonamides is 1. The lowest BCUT2D eigenvalue weighted by Gasteiger charge is -2.37. The van der Waals surface area contributed by atoms with Gasteiger partial charge in [-0.05, 0) is 40.5 Å². The van der Waals surface area contributed by atoms with E-state index >= 15 is 0 Å². The molecule has 1 unspecified atom stereocenters. The lowest BCUT2D eigenvalue weighted by Crippen LogP contribution is -2.54. The third-order valence-electron chi connectivity index (χ3n) is 3.18. The standard InChI is InChI=1S/C10H22N2O2S/c1-9(2,3)15(13,14)12-7-5-6-10(12,4)8-11/h5-8,11H2,1-4H3. The summed E-state index contributed by atoms with van der Waals surface area (Å²) in [5, 5.41) is 0. The Hall–Kier alpha value is -0.130. The van der Waals surface area contributed by atoms with Crippen molar-refractivity contribution in [2.24, 2.45) is 5.73 Å². The van der Waals surface area contributed by atoms with Gasteiger partial charge in [0, 0.05) is 18.6 Å². The predicted molar refractivity (Wildman–Crippen MR) is 62.1 cm³/mol. The second-order valence-corrected chi connectivity index (χ2v) is 8.11. The van der Waals surface area contributed by atoms with E-state index in [0.29, 0.717) is 13.1 Å². The molecule has 1 aliphatic heterocycles.